The average molecular weight is 379 g/mol. The van der Waals surface area contributed by atoms with Gasteiger partial charge in [-0.05, 0) is 48.5 Å². The Morgan fingerprint density at radius 2 is 1.62 bits per heavy atom. The highest BCUT2D eigenvalue weighted by atomic mass is 35.5. The van der Waals surface area contributed by atoms with Crippen LogP contribution in [0.15, 0.2) is 48.5 Å². The van der Waals surface area contributed by atoms with Gasteiger partial charge in [0.05, 0.1) is 5.69 Å². The summed E-state index contributed by atoms with van der Waals surface area (Å²) in [6.45, 7) is 0. The molecule has 26 heavy (non-hydrogen) atoms. The molecule has 0 saturated heterocycles. The first-order valence-corrected chi connectivity index (χ1v) is 7.63. The van der Waals surface area contributed by atoms with Crippen LogP contribution in [0.3, 0.4) is 0 Å². The number of nitrogens with zero attached hydrogens (tertiary/aromatic N) is 2. The van der Waals surface area contributed by atoms with Crippen molar-refractivity contribution in [3.05, 3.63) is 76.7 Å². The number of hydrogen-bond acceptors (Lipinski definition) is 4. The molecule has 0 atom stereocenters. The normalized spacial score (nSPS) is 10.5. The quantitative estimate of drug-likeness (QED) is 0.654. The van der Waals surface area contributed by atoms with Gasteiger partial charge in [0.2, 0.25) is 0 Å². The van der Waals surface area contributed by atoms with Gasteiger partial charge in [-0.3, -0.25) is 4.79 Å². The van der Waals surface area contributed by atoms with Crippen molar-refractivity contribution in [3.8, 4) is 0 Å². The Balaban J connectivity index is 1.71. The number of hydrogen-bond donors (Lipinski definition) is 2. The topological polar surface area (TPSA) is 66.9 Å². The van der Waals surface area contributed by atoms with Crippen LogP contribution < -0.4 is 10.6 Å². The van der Waals surface area contributed by atoms with E-state index < -0.39 is 23.4 Å². The first kappa shape index (κ1) is 17.7. The van der Waals surface area contributed by atoms with E-state index in [2.05, 4.69) is 20.8 Å². The van der Waals surface area contributed by atoms with Gasteiger partial charge in [-0.15, -0.1) is 10.2 Å². The Labute approximate surface area is 150 Å². The predicted octanol–water partition coefficient (Wildman–Crippen LogP) is 4.54. The second kappa shape index (κ2) is 7.40. The van der Waals surface area contributed by atoms with E-state index in [1.165, 1.54) is 12.1 Å². The maximum Gasteiger partial charge on any atom is 0.276 e. The number of aromatic nitrogens is 2. The molecule has 0 fully saturated rings. The predicted molar refractivity (Wildman–Crippen MR) is 91.0 cm³/mol. The summed E-state index contributed by atoms with van der Waals surface area (Å²) >= 11 is 5.77. The molecule has 0 aliphatic carbocycles. The zero-order valence-electron chi connectivity index (χ0n) is 12.9. The van der Waals surface area contributed by atoms with Crippen molar-refractivity contribution in [1.29, 1.82) is 0 Å². The smallest absolute Gasteiger partial charge is 0.276 e. The SMILES string of the molecule is O=C(Nc1ccc(Cl)cc1)c1ccc(Nc2ccc(F)c(F)c2F)nn1. The Bertz CT molecular complexity index is 949. The minimum atomic E-state index is -1.60. The number of amides is 1. The van der Waals surface area contributed by atoms with Crippen molar-refractivity contribution in [1.82, 2.24) is 10.2 Å². The molecule has 0 bridgehead atoms. The number of rotatable bonds is 4. The van der Waals surface area contributed by atoms with Crippen LogP contribution in [-0.2, 0) is 0 Å². The number of halogens is 4. The van der Waals surface area contributed by atoms with Crippen LogP contribution in [0.1, 0.15) is 10.5 Å². The Hall–Kier alpha value is -3.13. The van der Waals surface area contributed by atoms with E-state index in [1.807, 2.05) is 0 Å². The second-order valence-corrected chi connectivity index (χ2v) is 5.55. The highest BCUT2D eigenvalue weighted by Crippen LogP contribution is 2.22. The largest absolute Gasteiger partial charge is 0.336 e. The summed E-state index contributed by atoms with van der Waals surface area (Å²) in [5, 5.41) is 13.0. The minimum absolute atomic E-state index is 0.0104. The van der Waals surface area contributed by atoms with Crippen LogP contribution in [0.2, 0.25) is 5.02 Å². The Morgan fingerprint density at radius 3 is 2.27 bits per heavy atom. The van der Waals surface area contributed by atoms with E-state index in [4.69, 9.17) is 11.6 Å². The molecule has 0 aliphatic rings. The van der Waals surface area contributed by atoms with E-state index in [-0.39, 0.29) is 17.2 Å². The number of carbonyl (C=O) groups is 1. The summed E-state index contributed by atoms with van der Waals surface area (Å²) in [5.74, 6) is -4.73. The molecule has 1 aromatic heterocycles. The third-order valence-electron chi connectivity index (χ3n) is 3.30. The maximum absolute atomic E-state index is 13.6. The lowest BCUT2D eigenvalue weighted by atomic mass is 10.2. The molecule has 0 aliphatic heterocycles. The number of anilines is 3. The lowest BCUT2D eigenvalue weighted by molar-refractivity contribution is 0.102. The second-order valence-electron chi connectivity index (χ2n) is 5.11. The van der Waals surface area contributed by atoms with Gasteiger partial charge < -0.3 is 10.6 Å². The van der Waals surface area contributed by atoms with E-state index in [1.54, 1.807) is 24.3 Å². The van der Waals surface area contributed by atoms with Crippen molar-refractivity contribution in [2.45, 2.75) is 0 Å². The van der Waals surface area contributed by atoms with Crippen LogP contribution in [-0.4, -0.2) is 16.1 Å². The van der Waals surface area contributed by atoms with Gasteiger partial charge in [0.15, 0.2) is 29.0 Å². The average Bonchev–Trinajstić information content (AvgIpc) is 2.64. The molecule has 2 N–H and O–H groups in total. The molecular formula is C17H10ClF3N4O. The van der Waals surface area contributed by atoms with Gasteiger partial charge in [-0.2, -0.15) is 0 Å². The molecule has 5 nitrogen and oxygen atoms in total. The van der Waals surface area contributed by atoms with E-state index in [9.17, 15) is 18.0 Å². The summed E-state index contributed by atoms with van der Waals surface area (Å²) in [5.41, 5.74) is 0.222. The summed E-state index contributed by atoms with van der Waals surface area (Å²) in [4.78, 5) is 12.1. The van der Waals surface area contributed by atoms with Gasteiger partial charge in [0.25, 0.3) is 5.91 Å². The highest BCUT2D eigenvalue weighted by molar-refractivity contribution is 6.30. The van der Waals surface area contributed by atoms with Crippen LogP contribution >= 0.6 is 11.6 Å². The summed E-state index contributed by atoms with van der Waals surface area (Å²) in [7, 11) is 0. The van der Waals surface area contributed by atoms with Gasteiger partial charge in [0.1, 0.15) is 0 Å². The monoisotopic (exact) mass is 378 g/mol. The van der Waals surface area contributed by atoms with E-state index >= 15 is 0 Å². The molecule has 0 saturated carbocycles. The lowest BCUT2D eigenvalue weighted by Gasteiger charge is -2.08. The molecule has 0 unspecified atom stereocenters. The fourth-order valence-corrected chi connectivity index (χ4v) is 2.13. The van der Waals surface area contributed by atoms with Crippen LogP contribution in [0.5, 0.6) is 0 Å². The highest BCUT2D eigenvalue weighted by Gasteiger charge is 2.14. The number of benzene rings is 2. The summed E-state index contributed by atoms with van der Waals surface area (Å²) < 4.78 is 39.8. The van der Waals surface area contributed by atoms with Crippen molar-refractivity contribution in [2.75, 3.05) is 10.6 Å². The van der Waals surface area contributed by atoms with E-state index in [0.29, 0.717) is 10.7 Å². The van der Waals surface area contributed by atoms with Crippen molar-refractivity contribution >= 4 is 34.7 Å². The third-order valence-corrected chi connectivity index (χ3v) is 3.55. The fraction of sp³-hybridized carbons (Fsp3) is 0. The van der Waals surface area contributed by atoms with Gasteiger partial charge in [0, 0.05) is 10.7 Å². The van der Waals surface area contributed by atoms with Crippen molar-refractivity contribution in [3.63, 3.8) is 0 Å². The number of carbonyl (C=O) groups excluding carboxylic acids is 1. The first-order valence-electron chi connectivity index (χ1n) is 7.25. The molecule has 2 aromatic carbocycles. The molecular weight excluding hydrogens is 369 g/mol. The molecule has 132 valence electrons. The lowest BCUT2D eigenvalue weighted by Crippen LogP contribution is -2.14. The summed E-state index contributed by atoms with van der Waals surface area (Å²) in [6, 6.07) is 11.0. The van der Waals surface area contributed by atoms with Gasteiger partial charge in [-0.25, -0.2) is 13.2 Å². The van der Waals surface area contributed by atoms with Crippen LogP contribution in [0.25, 0.3) is 0 Å². The Morgan fingerprint density at radius 1 is 0.885 bits per heavy atom. The minimum Gasteiger partial charge on any atom is -0.336 e. The molecule has 3 aromatic rings. The Kier molecular flexibility index (Phi) is 5.04. The maximum atomic E-state index is 13.6. The van der Waals surface area contributed by atoms with Crippen molar-refractivity contribution in [2.24, 2.45) is 0 Å². The van der Waals surface area contributed by atoms with Crippen molar-refractivity contribution < 1.29 is 18.0 Å². The zero-order chi connectivity index (χ0) is 18.7. The van der Waals surface area contributed by atoms with E-state index in [0.717, 1.165) is 12.1 Å². The summed E-state index contributed by atoms with van der Waals surface area (Å²) in [6.07, 6.45) is 0. The molecule has 0 spiro atoms. The molecule has 1 heterocycles. The first-order chi connectivity index (χ1) is 12.4. The standard InChI is InChI=1S/C17H10ClF3N4O/c18-9-1-3-10(4-2-9)22-17(26)13-7-8-14(25-24-13)23-12-6-5-11(19)15(20)16(12)21/h1-8H,(H,22,26)(H,23,25). The molecule has 1 amide bonds. The fourth-order valence-electron chi connectivity index (χ4n) is 2.01. The van der Waals surface area contributed by atoms with Gasteiger partial charge in [-0.1, -0.05) is 11.6 Å². The molecule has 9 heteroatoms. The molecule has 3 rings (SSSR count). The third kappa shape index (κ3) is 3.92. The van der Waals surface area contributed by atoms with Crippen LogP contribution in [0.4, 0.5) is 30.4 Å². The van der Waals surface area contributed by atoms with Gasteiger partial charge >= 0.3 is 0 Å². The zero-order valence-corrected chi connectivity index (χ0v) is 13.7. The molecule has 0 radical (unpaired) electrons. The van der Waals surface area contributed by atoms with Crippen LogP contribution in [0, 0.1) is 17.5 Å². The number of nitrogens with one attached hydrogen (secondary N) is 2.